The van der Waals surface area contributed by atoms with Gasteiger partial charge in [-0.15, -0.1) is 11.8 Å². The quantitative estimate of drug-likeness (QED) is 0.280. The molecule has 1 N–H and O–H groups in total. The van der Waals surface area contributed by atoms with Crippen LogP contribution in [0, 0.1) is 25.2 Å². The van der Waals surface area contributed by atoms with Gasteiger partial charge in [-0.3, -0.25) is 14.2 Å². The van der Waals surface area contributed by atoms with Crippen molar-refractivity contribution in [3.63, 3.8) is 0 Å². The van der Waals surface area contributed by atoms with Crippen molar-refractivity contribution in [1.29, 1.82) is 5.26 Å². The smallest absolute Gasteiger partial charge is 0.266 e. The molecule has 0 spiro atoms. The molecule has 34 heavy (non-hydrogen) atoms. The molecule has 4 aromatic rings. The molecule has 0 unspecified atom stereocenters. The van der Waals surface area contributed by atoms with E-state index in [0.29, 0.717) is 27.5 Å². The first-order valence-electron chi connectivity index (χ1n) is 10.6. The molecule has 1 heterocycles. The van der Waals surface area contributed by atoms with E-state index in [2.05, 4.69) is 11.4 Å². The predicted octanol–water partition coefficient (Wildman–Crippen LogP) is 5.35. The Morgan fingerprint density at radius 2 is 1.74 bits per heavy atom. The summed E-state index contributed by atoms with van der Waals surface area (Å²) in [5.41, 5.74) is 3.88. The molecule has 0 saturated heterocycles. The maximum Gasteiger partial charge on any atom is 0.266 e. The summed E-state index contributed by atoms with van der Waals surface area (Å²) in [5.74, 6) is 0.155. The number of hydrogen-bond acceptors (Lipinski definition) is 6. The van der Waals surface area contributed by atoms with E-state index in [4.69, 9.17) is 10.2 Å². The van der Waals surface area contributed by atoms with Crippen LogP contribution in [0.3, 0.4) is 0 Å². The molecule has 0 atom stereocenters. The third-order valence-electron chi connectivity index (χ3n) is 5.00. The van der Waals surface area contributed by atoms with E-state index in [1.54, 1.807) is 16.7 Å². The van der Waals surface area contributed by atoms with Gasteiger partial charge in [0, 0.05) is 4.90 Å². The van der Waals surface area contributed by atoms with E-state index in [1.807, 2.05) is 68.4 Å². The summed E-state index contributed by atoms with van der Waals surface area (Å²) in [4.78, 5) is 31.8. The highest BCUT2D eigenvalue weighted by Crippen LogP contribution is 2.27. The fourth-order valence-electron chi connectivity index (χ4n) is 3.64. The molecule has 4 rings (SSSR count). The monoisotopic (exact) mass is 486 g/mol. The second-order valence-corrected chi connectivity index (χ2v) is 9.64. The lowest BCUT2D eigenvalue weighted by Gasteiger charge is -2.15. The number of benzene rings is 3. The number of nitrogens with zero attached hydrogens (tertiary/aromatic N) is 3. The molecule has 0 radical (unpaired) electrons. The van der Waals surface area contributed by atoms with Crippen molar-refractivity contribution in [3.8, 4) is 11.8 Å². The number of hydrogen-bond donors (Lipinski definition) is 1. The number of carbonyl (C=O) groups excluding carboxylic acids is 1. The Balaban J connectivity index is 1.65. The number of thioether (sulfide) groups is 2. The molecule has 170 valence electrons. The van der Waals surface area contributed by atoms with Crippen LogP contribution < -0.4 is 10.9 Å². The third kappa shape index (κ3) is 5.33. The number of nitriles is 1. The molecule has 1 aromatic heterocycles. The highest BCUT2D eigenvalue weighted by molar-refractivity contribution is 8.00. The van der Waals surface area contributed by atoms with Gasteiger partial charge in [-0.1, -0.05) is 42.1 Å². The molecule has 1 amide bonds. The SMILES string of the molecule is Cc1cc(C)cc(-n2c(SCC(=O)Nc3ccccc3SCC#N)nc3ccccc3c2=O)c1. The molecular formula is C26H22N4O2S2. The van der Waals surface area contributed by atoms with Crippen molar-refractivity contribution >= 4 is 46.0 Å². The second kappa shape index (κ2) is 10.6. The molecule has 0 fully saturated rings. The highest BCUT2D eigenvalue weighted by atomic mass is 32.2. The Morgan fingerprint density at radius 3 is 2.50 bits per heavy atom. The number of para-hydroxylation sites is 2. The summed E-state index contributed by atoms with van der Waals surface area (Å²) in [5, 5.41) is 12.8. The van der Waals surface area contributed by atoms with Gasteiger partial charge in [0.1, 0.15) is 0 Å². The summed E-state index contributed by atoms with van der Waals surface area (Å²) in [6, 6.07) is 22.6. The number of anilines is 1. The van der Waals surface area contributed by atoms with Crippen molar-refractivity contribution in [2.45, 2.75) is 23.9 Å². The lowest BCUT2D eigenvalue weighted by molar-refractivity contribution is -0.113. The standard InChI is InChI=1S/C26H22N4O2S2/c1-17-13-18(2)15-19(14-17)30-25(32)20-7-3-4-8-21(20)29-26(30)34-16-24(31)28-22-9-5-6-10-23(22)33-12-11-27/h3-10,13-15H,12,16H2,1-2H3,(H,28,31). The molecule has 0 aliphatic carbocycles. The van der Waals surface area contributed by atoms with E-state index in [9.17, 15) is 9.59 Å². The van der Waals surface area contributed by atoms with Gasteiger partial charge in [0.05, 0.1) is 39.9 Å². The Kier molecular flexibility index (Phi) is 7.36. The molecule has 6 nitrogen and oxygen atoms in total. The van der Waals surface area contributed by atoms with E-state index in [-0.39, 0.29) is 17.2 Å². The number of nitrogens with one attached hydrogen (secondary N) is 1. The van der Waals surface area contributed by atoms with Crippen LogP contribution in [0.4, 0.5) is 5.69 Å². The van der Waals surface area contributed by atoms with E-state index in [0.717, 1.165) is 21.7 Å². The van der Waals surface area contributed by atoms with Gasteiger partial charge < -0.3 is 5.32 Å². The zero-order valence-electron chi connectivity index (χ0n) is 18.7. The van der Waals surface area contributed by atoms with Gasteiger partial charge >= 0.3 is 0 Å². The topological polar surface area (TPSA) is 87.8 Å². The van der Waals surface area contributed by atoms with Crippen LogP contribution in [0.1, 0.15) is 11.1 Å². The van der Waals surface area contributed by atoms with Crippen molar-refractivity contribution in [1.82, 2.24) is 9.55 Å². The number of rotatable bonds is 7. The number of aromatic nitrogens is 2. The number of amides is 1. The minimum absolute atomic E-state index is 0.0762. The number of aryl methyl sites for hydroxylation is 2. The zero-order valence-corrected chi connectivity index (χ0v) is 20.4. The fourth-order valence-corrected chi connectivity index (χ4v) is 5.12. The van der Waals surface area contributed by atoms with Gasteiger partial charge in [0.15, 0.2) is 5.16 Å². The minimum atomic E-state index is -0.218. The average Bonchev–Trinajstić information content (AvgIpc) is 2.81. The van der Waals surface area contributed by atoms with E-state index >= 15 is 0 Å². The van der Waals surface area contributed by atoms with Crippen molar-refractivity contribution in [2.24, 2.45) is 0 Å². The number of fused-ring (bicyclic) bond motifs is 1. The first-order chi connectivity index (χ1) is 16.5. The van der Waals surface area contributed by atoms with E-state index < -0.39 is 0 Å². The Bertz CT molecular complexity index is 1450. The van der Waals surface area contributed by atoms with Gasteiger partial charge in [-0.25, -0.2) is 4.98 Å². The summed E-state index contributed by atoms with van der Waals surface area (Å²) in [6.07, 6.45) is 0. The Labute approximate surface area is 206 Å². The van der Waals surface area contributed by atoms with Crippen LogP contribution in [0.2, 0.25) is 0 Å². The van der Waals surface area contributed by atoms with Crippen LogP contribution in [0.25, 0.3) is 16.6 Å². The Hall–Kier alpha value is -3.54. The van der Waals surface area contributed by atoms with Crippen LogP contribution in [0.5, 0.6) is 0 Å². The molecule has 3 aromatic carbocycles. The summed E-state index contributed by atoms with van der Waals surface area (Å²) >= 11 is 2.58. The van der Waals surface area contributed by atoms with Gasteiger partial charge in [0.2, 0.25) is 5.91 Å². The summed E-state index contributed by atoms with van der Waals surface area (Å²) in [6.45, 7) is 3.97. The zero-order chi connectivity index (χ0) is 24.1. The molecule has 0 aliphatic heterocycles. The van der Waals surface area contributed by atoms with Crippen molar-refractivity contribution in [3.05, 3.63) is 88.2 Å². The maximum absolute atomic E-state index is 13.4. The van der Waals surface area contributed by atoms with E-state index in [1.165, 1.54) is 23.5 Å². The molecule has 0 saturated carbocycles. The third-order valence-corrected chi connectivity index (χ3v) is 6.87. The molecule has 0 bridgehead atoms. The lowest BCUT2D eigenvalue weighted by Crippen LogP contribution is -2.23. The maximum atomic E-state index is 13.4. The predicted molar refractivity (Wildman–Crippen MR) is 139 cm³/mol. The second-order valence-electron chi connectivity index (χ2n) is 7.68. The van der Waals surface area contributed by atoms with Crippen LogP contribution in [-0.4, -0.2) is 27.0 Å². The fraction of sp³-hybridized carbons (Fsp3) is 0.154. The molecule has 8 heteroatoms. The Morgan fingerprint density at radius 1 is 1.03 bits per heavy atom. The van der Waals surface area contributed by atoms with Crippen LogP contribution >= 0.6 is 23.5 Å². The lowest BCUT2D eigenvalue weighted by atomic mass is 10.1. The van der Waals surface area contributed by atoms with Crippen LogP contribution in [0.15, 0.2) is 81.6 Å². The highest BCUT2D eigenvalue weighted by Gasteiger charge is 2.16. The van der Waals surface area contributed by atoms with Crippen molar-refractivity contribution in [2.75, 3.05) is 16.8 Å². The normalized spacial score (nSPS) is 10.7. The van der Waals surface area contributed by atoms with Gasteiger partial charge in [-0.05, 0) is 61.4 Å². The first-order valence-corrected chi connectivity index (χ1v) is 12.6. The summed E-state index contributed by atoms with van der Waals surface area (Å²) in [7, 11) is 0. The first kappa shape index (κ1) is 23.6. The average molecular weight is 487 g/mol. The largest absolute Gasteiger partial charge is 0.324 e. The van der Waals surface area contributed by atoms with Crippen LogP contribution in [-0.2, 0) is 4.79 Å². The number of carbonyl (C=O) groups is 1. The van der Waals surface area contributed by atoms with Crippen molar-refractivity contribution < 1.29 is 4.79 Å². The molecular weight excluding hydrogens is 464 g/mol. The van der Waals surface area contributed by atoms with Gasteiger partial charge in [-0.2, -0.15) is 5.26 Å². The summed E-state index contributed by atoms with van der Waals surface area (Å²) < 4.78 is 1.58. The minimum Gasteiger partial charge on any atom is -0.324 e. The van der Waals surface area contributed by atoms with Gasteiger partial charge in [0.25, 0.3) is 5.56 Å². The molecule has 0 aliphatic rings.